The Labute approximate surface area is 221 Å². The third-order valence-electron chi connectivity index (χ3n) is 7.98. The summed E-state index contributed by atoms with van der Waals surface area (Å²) in [6.45, 7) is 7.27. The number of nitrogens with one attached hydrogen (secondary N) is 3. The van der Waals surface area contributed by atoms with E-state index in [-0.39, 0.29) is 29.8 Å². The van der Waals surface area contributed by atoms with Gasteiger partial charge in [0, 0.05) is 48.7 Å². The van der Waals surface area contributed by atoms with E-state index >= 15 is 0 Å². The molecule has 2 saturated heterocycles. The van der Waals surface area contributed by atoms with Crippen LogP contribution in [0.3, 0.4) is 0 Å². The molecule has 0 aromatic heterocycles. The molecule has 7 nitrogen and oxygen atoms in total. The molecule has 0 spiro atoms. The SMILES string of the molecule is CC(C)C(=O)N(C1CCCCC1)[C@H]1CCN(NC(=O)[C@@H](Cc2ccc(Cl)cc2)NC[C@H]2CCCN2)C1. The molecule has 3 fully saturated rings. The molecule has 3 aliphatic rings. The van der Waals surface area contributed by atoms with Crippen molar-refractivity contribution >= 4 is 23.4 Å². The Hall–Kier alpha value is -1.67. The van der Waals surface area contributed by atoms with Crippen molar-refractivity contribution in [1.29, 1.82) is 0 Å². The van der Waals surface area contributed by atoms with Gasteiger partial charge < -0.3 is 15.5 Å². The highest BCUT2D eigenvalue weighted by atomic mass is 35.5. The molecule has 0 unspecified atom stereocenters. The number of nitrogens with zero attached hydrogens (tertiary/aromatic N) is 2. The summed E-state index contributed by atoms with van der Waals surface area (Å²) in [5.41, 5.74) is 4.27. The molecule has 2 amide bonds. The number of hydrogen-bond acceptors (Lipinski definition) is 5. The van der Waals surface area contributed by atoms with E-state index in [1.807, 2.05) is 43.1 Å². The normalized spacial score (nSPS) is 24.2. The van der Waals surface area contributed by atoms with E-state index in [2.05, 4.69) is 21.0 Å². The Morgan fingerprint density at radius 2 is 1.81 bits per heavy atom. The fraction of sp³-hybridized carbons (Fsp3) is 0.714. The molecule has 1 aliphatic carbocycles. The van der Waals surface area contributed by atoms with E-state index in [9.17, 15) is 9.59 Å². The van der Waals surface area contributed by atoms with Crippen molar-refractivity contribution in [2.24, 2.45) is 5.92 Å². The molecular formula is C28H44ClN5O2. The van der Waals surface area contributed by atoms with Crippen LogP contribution in [0.5, 0.6) is 0 Å². The molecule has 2 heterocycles. The highest BCUT2D eigenvalue weighted by Gasteiger charge is 2.37. The molecule has 1 aromatic carbocycles. The van der Waals surface area contributed by atoms with E-state index in [1.54, 1.807) is 0 Å². The zero-order chi connectivity index (χ0) is 25.5. The average Bonchev–Trinajstić information content (AvgIpc) is 3.56. The maximum absolute atomic E-state index is 13.5. The molecule has 1 aromatic rings. The number of hydrogen-bond donors (Lipinski definition) is 3. The van der Waals surface area contributed by atoms with E-state index in [0.717, 1.165) is 50.9 Å². The quantitative estimate of drug-likeness (QED) is 0.443. The number of carbonyl (C=O) groups excluding carboxylic acids is 2. The first kappa shape index (κ1) is 27.4. The van der Waals surface area contributed by atoms with Crippen LogP contribution in [0, 0.1) is 5.92 Å². The van der Waals surface area contributed by atoms with Gasteiger partial charge in [0.2, 0.25) is 5.91 Å². The van der Waals surface area contributed by atoms with Gasteiger partial charge in [0.15, 0.2) is 0 Å². The summed E-state index contributed by atoms with van der Waals surface area (Å²) in [6, 6.07) is 8.31. The smallest absolute Gasteiger partial charge is 0.251 e. The van der Waals surface area contributed by atoms with Crippen LogP contribution < -0.4 is 16.1 Å². The summed E-state index contributed by atoms with van der Waals surface area (Å²) in [6.07, 6.45) is 9.70. The second kappa shape index (κ2) is 13.2. The van der Waals surface area contributed by atoms with E-state index < -0.39 is 0 Å². The minimum Gasteiger partial charge on any atom is -0.335 e. The van der Waals surface area contributed by atoms with E-state index in [1.165, 1.54) is 25.7 Å². The Morgan fingerprint density at radius 3 is 2.47 bits per heavy atom. The molecule has 3 N–H and O–H groups in total. The largest absolute Gasteiger partial charge is 0.335 e. The second-order valence-electron chi connectivity index (χ2n) is 11.1. The number of rotatable bonds is 10. The van der Waals surface area contributed by atoms with Crippen molar-refractivity contribution in [3.63, 3.8) is 0 Å². The van der Waals surface area contributed by atoms with Crippen LogP contribution >= 0.6 is 11.6 Å². The third-order valence-corrected chi connectivity index (χ3v) is 8.24. The van der Waals surface area contributed by atoms with Gasteiger partial charge in [-0.2, -0.15) is 0 Å². The molecule has 200 valence electrons. The Morgan fingerprint density at radius 1 is 1.06 bits per heavy atom. The summed E-state index contributed by atoms with van der Waals surface area (Å²) in [5.74, 6) is 0.238. The van der Waals surface area contributed by atoms with Crippen LogP contribution in [0.2, 0.25) is 5.02 Å². The second-order valence-corrected chi connectivity index (χ2v) is 11.6. The van der Waals surface area contributed by atoms with Crippen molar-refractivity contribution in [3.8, 4) is 0 Å². The maximum Gasteiger partial charge on any atom is 0.251 e. The van der Waals surface area contributed by atoms with Gasteiger partial charge in [0.1, 0.15) is 0 Å². The monoisotopic (exact) mass is 517 g/mol. The van der Waals surface area contributed by atoms with Crippen LogP contribution in [0.4, 0.5) is 0 Å². The fourth-order valence-electron chi connectivity index (χ4n) is 5.95. The topological polar surface area (TPSA) is 76.7 Å². The van der Waals surface area contributed by atoms with Crippen LogP contribution in [-0.4, -0.2) is 72.1 Å². The first-order valence-corrected chi connectivity index (χ1v) is 14.4. The van der Waals surface area contributed by atoms with E-state index in [0.29, 0.717) is 30.1 Å². The van der Waals surface area contributed by atoms with E-state index in [4.69, 9.17) is 11.6 Å². The van der Waals surface area contributed by atoms with Crippen LogP contribution in [0.15, 0.2) is 24.3 Å². The van der Waals surface area contributed by atoms with Gasteiger partial charge in [-0.3, -0.25) is 15.0 Å². The van der Waals surface area contributed by atoms with Gasteiger partial charge in [-0.15, -0.1) is 0 Å². The molecule has 0 bridgehead atoms. The number of benzene rings is 1. The lowest BCUT2D eigenvalue weighted by Gasteiger charge is -2.39. The van der Waals surface area contributed by atoms with Gasteiger partial charge in [-0.05, 0) is 62.8 Å². The van der Waals surface area contributed by atoms with Crippen molar-refractivity contribution in [2.45, 2.75) is 95.8 Å². The lowest BCUT2D eigenvalue weighted by molar-refractivity contribution is -0.140. The highest BCUT2D eigenvalue weighted by Crippen LogP contribution is 2.28. The molecule has 4 rings (SSSR count). The Kier molecular flexibility index (Phi) is 10.1. The van der Waals surface area contributed by atoms with Crippen LogP contribution in [0.25, 0.3) is 0 Å². The number of halogens is 1. The summed E-state index contributed by atoms with van der Waals surface area (Å²) in [5, 5.41) is 9.75. The van der Waals surface area contributed by atoms with Gasteiger partial charge in [0.05, 0.1) is 6.04 Å². The first-order valence-electron chi connectivity index (χ1n) is 14.0. The summed E-state index contributed by atoms with van der Waals surface area (Å²) in [7, 11) is 0. The predicted molar refractivity (Wildman–Crippen MR) is 145 cm³/mol. The molecule has 2 aliphatic heterocycles. The van der Waals surface area contributed by atoms with Gasteiger partial charge >= 0.3 is 0 Å². The van der Waals surface area contributed by atoms with Crippen molar-refractivity contribution in [1.82, 2.24) is 26.0 Å². The van der Waals surface area contributed by atoms with Gasteiger partial charge in [-0.1, -0.05) is 56.8 Å². The number of amides is 2. The highest BCUT2D eigenvalue weighted by molar-refractivity contribution is 6.30. The van der Waals surface area contributed by atoms with Crippen LogP contribution in [-0.2, 0) is 16.0 Å². The third kappa shape index (κ3) is 7.44. The lowest BCUT2D eigenvalue weighted by atomic mass is 9.92. The van der Waals surface area contributed by atoms with Crippen molar-refractivity contribution in [3.05, 3.63) is 34.9 Å². The molecule has 0 radical (unpaired) electrons. The van der Waals surface area contributed by atoms with Gasteiger partial charge in [0.25, 0.3) is 5.91 Å². The maximum atomic E-state index is 13.5. The zero-order valence-electron chi connectivity index (χ0n) is 22.0. The summed E-state index contributed by atoms with van der Waals surface area (Å²) in [4.78, 5) is 28.8. The number of carbonyl (C=O) groups is 2. The Bertz CT molecular complexity index is 852. The van der Waals surface area contributed by atoms with Crippen molar-refractivity contribution in [2.75, 3.05) is 26.2 Å². The number of hydrazine groups is 1. The minimum absolute atomic E-state index is 0.00674. The molecule has 3 atom stereocenters. The predicted octanol–water partition coefficient (Wildman–Crippen LogP) is 3.52. The minimum atomic E-state index is -0.334. The van der Waals surface area contributed by atoms with Crippen molar-refractivity contribution < 1.29 is 9.59 Å². The molecule has 1 saturated carbocycles. The zero-order valence-corrected chi connectivity index (χ0v) is 22.7. The molecule has 36 heavy (non-hydrogen) atoms. The van der Waals surface area contributed by atoms with Crippen LogP contribution in [0.1, 0.15) is 70.8 Å². The average molecular weight is 518 g/mol. The van der Waals surface area contributed by atoms with Gasteiger partial charge in [-0.25, -0.2) is 5.01 Å². The molecule has 8 heteroatoms. The standard InChI is InChI=1S/C28H44ClN5O2/c1-20(2)28(36)34(24-8-4-3-5-9-24)25-14-16-33(19-25)32-27(35)26(31-18-23-7-6-15-30-23)17-21-10-12-22(29)13-11-21/h10-13,20,23-26,30-31H,3-9,14-19H2,1-2H3,(H,32,35)/t23-,25+,26-/m1/s1. The Balaban J connectivity index is 1.38. The fourth-order valence-corrected chi connectivity index (χ4v) is 6.07. The summed E-state index contributed by atoms with van der Waals surface area (Å²) >= 11 is 6.07. The lowest BCUT2D eigenvalue weighted by Crippen LogP contribution is -2.55. The molecular weight excluding hydrogens is 474 g/mol. The summed E-state index contributed by atoms with van der Waals surface area (Å²) < 4.78 is 0. The first-order chi connectivity index (χ1) is 17.4.